The Labute approximate surface area is 89.3 Å². The molecule has 0 aliphatic heterocycles. The molecule has 0 heterocycles. The Morgan fingerprint density at radius 1 is 1.43 bits per heavy atom. The first-order valence-electron chi connectivity index (χ1n) is 4.57. The van der Waals surface area contributed by atoms with Gasteiger partial charge in [-0.25, -0.2) is 4.39 Å². The van der Waals surface area contributed by atoms with Gasteiger partial charge in [-0.3, -0.25) is 0 Å². The summed E-state index contributed by atoms with van der Waals surface area (Å²) >= 11 is 5.80. The minimum atomic E-state index is -0.197. The molecular formula is C11H15ClFN. The van der Waals surface area contributed by atoms with Gasteiger partial charge in [-0.1, -0.05) is 11.6 Å². The van der Waals surface area contributed by atoms with E-state index < -0.39 is 0 Å². The van der Waals surface area contributed by atoms with E-state index in [1.54, 1.807) is 12.1 Å². The number of likely N-dealkylation sites (N-methyl/N-ethyl adjacent to an activating group) is 1. The Morgan fingerprint density at radius 2 is 2.07 bits per heavy atom. The molecule has 0 unspecified atom stereocenters. The molecular weight excluding hydrogens is 201 g/mol. The molecule has 0 spiro atoms. The molecule has 0 aromatic heterocycles. The van der Waals surface area contributed by atoms with E-state index in [2.05, 4.69) is 5.32 Å². The molecule has 0 aliphatic rings. The predicted molar refractivity (Wildman–Crippen MR) is 58.3 cm³/mol. The monoisotopic (exact) mass is 215 g/mol. The lowest BCUT2D eigenvalue weighted by Gasteiger charge is -2.24. The lowest BCUT2D eigenvalue weighted by atomic mass is 9.95. The largest absolute Gasteiger partial charge is 0.314 e. The van der Waals surface area contributed by atoms with Gasteiger partial charge in [0.25, 0.3) is 0 Å². The van der Waals surface area contributed by atoms with Crippen LogP contribution in [0.3, 0.4) is 0 Å². The fraction of sp³-hybridized carbons (Fsp3) is 0.455. The molecule has 0 fully saturated rings. The van der Waals surface area contributed by atoms with E-state index in [0.717, 1.165) is 0 Å². The van der Waals surface area contributed by atoms with E-state index in [4.69, 9.17) is 11.6 Å². The minimum absolute atomic E-state index is 0.120. The molecule has 0 radical (unpaired) electrons. The Hall–Kier alpha value is -0.600. The van der Waals surface area contributed by atoms with Crippen LogP contribution in [0.1, 0.15) is 19.4 Å². The molecule has 0 saturated heterocycles. The molecule has 78 valence electrons. The van der Waals surface area contributed by atoms with Crippen molar-refractivity contribution >= 4 is 11.6 Å². The molecule has 0 saturated carbocycles. The summed E-state index contributed by atoms with van der Waals surface area (Å²) in [7, 11) is 1.86. The highest BCUT2D eigenvalue weighted by atomic mass is 35.5. The number of hydrogen-bond acceptors (Lipinski definition) is 1. The van der Waals surface area contributed by atoms with Gasteiger partial charge in [0.05, 0.1) is 0 Å². The fourth-order valence-corrected chi connectivity index (χ4v) is 1.44. The van der Waals surface area contributed by atoms with Gasteiger partial charge < -0.3 is 5.32 Å². The van der Waals surface area contributed by atoms with Crippen molar-refractivity contribution in [2.45, 2.75) is 25.8 Å². The zero-order valence-electron chi connectivity index (χ0n) is 8.70. The molecule has 0 atom stereocenters. The fourth-order valence-electron chi connectivity index (χ4n) is 1.24. The average Bonchev–Trinajstić information content (AvgIpc) is 2.11. The Kier molecular flexibility index (Phi) is 3.51. The van der Waals surface area contributed by atoms with Gasteiger partial charge in [-0.05, 0) is 51.1 Å². The van der Waals surface area contributed by atoms with Crippen LogP contribution >= 0.6 is 11.6 Å². The molecule has 1 aromatic carbocycles. The van der Waals surface area contributed by atoms with Gasteiger partial charge >= 0.3 is 0 Å². The standard InChI is InChI=1S/C11H15ClFN/c1-11(2,14-3)7-8-6-9(12)4-5-10(8)13/h4-6,14H,7H2,1-3H3. The molecule has 1 aromatic rings. The number of hydrogen-bond donors (Lipinski definition) is 1. The smallest absolute Gasteiger partial charge is 0.126 e. The zero-order valence-corrected chi connectivity index (χ0v) is 9.45. The molecule has 14 heavy (non-hydrogen) atoms. The molecule has 3 heteroatoms. The molecule has 1 nitrogen and oxygen atoms in total. The van der Waals surface area contributed by atoms with Crippen molar-refractivity contribution in [2.24, 2.45) is 0 Å². The normalized spacial score (nSPS) is 11.8. The third kappa shape index (κ3) is 2.96. The third-order valence-corrected chi connectivity index (χ3v) is 2.55. The van der Waals surface area contributed by atoms with Crippen molar-refractivity contribution in [3.63, 3.8) is 0 Å². The molecule has 0 amide bonds. The molecule has 1 rings (SSSR count). The van der Waals surface area contributed by atoms with Crippen LogP contribution in [0.5, 0.6) is 0 Å². The summed E-state index contributed by atoms with van der Waals surface area (Å²) in [5.41, 5.74) is 0.530. The van der Waals surface area contributed by atoms with Crippen LogP contribution in [-0.2, 0) is 6.42 Å². The summed E-state index contributed by atoms with van der Waals surface area (Å²) in [4.78, 5) is 0. The zero-order chi connectivity index (χ0) is 10.8. The van der Waals surface area contributed by atoms with Gasteiger partial charge in [0.2, 0.25) is 0 Å². The van der Waals surface area contributed by atoms with Crippen LogP contribution in [0.15, 0.2) is 18.2 Å². The van der Waals surface area contributed by atoms with Crippen molar-refractivity contribution in [2.75, 3.05) is 7.05 Å². The average molecular weight is 216 g/mol. The first-order chi connectivity index (χ1) is 6.44. The Bertz CT molecular complexity index is 323. The van der Waals surface area contributed by atoms with E-state index in [1.165, 1.54) is 6.07 Å². The second kappa shape index (κ2) is 4.28. The van der Waals surface area contributed by atoms with Crippen molar-refractivity contribution in [3.8, 4) is 0 Å². The van der Waals surface area contributed by atoms with Crippen LogP contribution in [-0.4, -0.2) is 12.6 Å². The first kappa shape index (κ1) is 11.5. The minimum Gasteiger partial charge on any atom is -0.314 e. The van der Waals surface area contributed by atoms with Gasteiger partial charge in [0, 0.05) is 10.6 Å². The summed E-state index contributed by atoms with van der Waals surface area (Å²) < 4.78 is 13.3. The van der Waals surface area contributed by atoms with Crippen molar-refractivity contribution in [1.29, 1.82) is 0 Å². The van der Waals surface area contributed by atoms with Crippen LogP contribution in [0.2, 0.25) is 5.02 Å². The molecule has 1 N–H and O–H groups in total. The van der Waals surface area contributed by atoms with Crippen molar-refractivity contribution in [3.05, 3.63) is 34.6 Å². The lowest BCUT2D eigenvalue weighted by molar-refractivity contribution is 0.414. The second-order valence-electron chi connectivity index (χ2n) is 4.05. The van der Waals surface area contributed by atoms with Gasteiger partial charge in [-0.15, -0.1) is 0 Å². The maximum Gasteiger partial charge on any atom is 0.126 e. The molecule has 0 bridgehead atoms. The molecule has 0 aliphatic carbocycles. The van der Waals surface area contributed by atoms with Crippen molar-refractivity contribution < 1.29 is 4.39 Å². The van der Waals surface area contributed by atoms with Gasteiger partial charge in [0.1, 0.15) is 5.82 Å². The SMILES string of the molecule is CNC(C)(C)Cc1cc(Cl)ccc1F. The van der Waals surface area contributed by atoms with E-state index in [9.17, 15) is 4.39 Å². The highest BCUT2D eigenvalue weighted by molar-refractivity contribution is 6.30. The van der Waals surface area contributed by atoms with Crippen LogP contribution in [0, 0.1) is 5.82 Å². The number of halogens is 2. The van der Waals surface area contributed by atoms with E-state index >= 15 is 0 Å². The maximum atomic E-state index is 13.3. The predicted octanol–water partition coefficient (Wildman–Crippen LogP) is 3.02. The van der Waals surface area contributed by atoms with E-state index in [0.29, 0.717) is 17.0 Å². The summed E-state index contributed by atoms with van der Waals surface area (Å²) in [6.07, 6.45) is 0.621. The Morgan fingerprint density at radius 3 is 2.64 bits per heavy atom. The highest BCUT2D eigenvalue weighted by Crippen LogP contribution is 2.19. The number of benzene rings is 1. The maximum absolute atomic E-state index is 13.3. The third-order valence-electron chi connectivity index (χ3n) is 2.32. The first-order valence-corrected chi connectivity index (χ1v) is 4.95. The summed E-state index contributed by atoms with van der Waals surface area (Å²) in [5, 5.41) is 3.70. The Balaban J connectivity index is 2.91. The van der Waals surface area contributed by atoms with Crippen LogP contribution in [0.25, 0.3) is 0 Å². The van der Waals surface area contributed by atoms with Crippen LogP contribution < -0.4 is 5.32 Å². The second-order valence-corrected chi connectivity index (χ2v) is 4.48. The topological polar surface area (TPSA) is 12.0 Å². The van der Waals surface area contributed by atoms with E-state index in [-0.39, 0.29) is 11.4 Å². The summed E-state index contributed by atoms with van der Waals surface area (Å²) in [5.74, 6) is -0.197. The summed E-state index contributed by atoms with van der Waals surface area (Å²) in [6.45, 7) is 4.04. The van der Waals surface area contributed by atoms with Gasteiger partial charge in [-0.2, -0.15) is 0 Å². The summed E-state index contributed by atoms with van der Waals surface area (Å²) in [6, 6.07) is 4.64. The quantitative estimate of drug-likeness (QED) is 0.818. The van der Waals surface area contributed by atoms with Crippen molar-refractivity contribution in [1.82, 2.24) is 5.32 Å². The number of nitrogens with one attached hydrogen (secondary N) is 1. The lowest BCUT2D eigenvalue weighted by Crippen LogP contribution is -2.38. The van der Waals surface area contributed by atoms with Crippen LogP contribution in [0.4, 0.5) is 4.39 Å². The van der Waals surface area contributed by atoms with Gasteiger partial charge in [0.15, 0.2) is 0 Å². The highest BCUT2D eigenvalue weighted by Gasteiger charge is 2.17. The number of rotatable bonds is 3. The van der Waals surface area contributed by atoms with E-state index in [1.807, 2.05) is 20.9 Å².